The molecule has 0 bridgehead atoms. The third-order valence-corrected chi connectivity index (χ3v) is 3.54. The summed E-state index contributed by atoms with van der Waals surface area (Å²) in [6, 6.07) is 2.92. The average Bonchev–Trinajstić information content (AvgIpc) is 2.45. The zero-order valence-electron chi connectivity index (χ0n) is 13.1. The van der Waals surface area contributed by atoms with Crippen LogP contribution in [0.1, 0.15) is 46.5 Å². The lowest BCUT2D eigenvalue weighted by Crippen LogP contribution is -2.40. The number of hydrogen-bond donors (Lipinski definition) is 1. The molecule has 1 atom stereocenters. The summed E-state index contributed by atoms with van der Waals surface area (Å²) in [5.41, 5.74) is 0. The molecule has 0 aromatic rings. The fourth-order valence-corrected chi connectivity index (χ4v) is 2.32. The highest BCUT2D eigenvalue weighted by Gasteiger charge is 2.16. The minimum absolute atomic E-state index is 0.0284. The molecule has 4 heteroatoms. The summed E-state index contributed by atoms with van der Waals surface area (Å²) in [7, 11) is 1.74. The van der Waals surface area contributed by atoms with Gasteiger partial charge in [0.1, 0.15) is 0 Å². The number of hydrogen-bond acceptors (Lipinski definition) is 4. The molecule has 0 rings (SSSR count). The van der Waals surface area contributed by atoms with Crippen LogP contribution in [0.5, 0.6) is 0 Å². The van der Waals surface area contributed by atoms with Crippen molar-refractivity contribution in [2.24, 2.45) is 0 Å². The van der Waals surface area contributed by atoms with Crippen LogP contribution in [0.15, 0.2) is 0 Å². The van der Waals surface area contributed by atoms with Crippen molar-refractivity contribution in [3.63, 3.8) is 0 Å². The van der Waals surface area contributed by atoms with Gasteiger partial charge >= 0.3 is 0 Å². The van der Waals surface area contributed by atoms with Crippen LogP contribution in [-0.4, -0.2) is 50.3 Å². The molecular weight excluding hydrogens is 238 g/mol. The number of nitriles is 1. The van der Waals surface area contributed by atoms with Crippen molar-refractivity contribution in [1.82, 2.24) is 10.2 Å². The second-order valence-electron chi connectivity index (χ2n) is 4.92. The smallest absolute Gasteiger partial charge is 0.0965 e. The molecule has 1 N–H and O–H groups in total. The SMILES string of the molecule is CCCNC(C#N)CCN(CCOC)C(CC)CC. The van der Waals surface area contributed by atoms with Gasteiger partial charge in [-0.3, -0.25) is 4.90 Å². The first kappa shape index (κ1) is 18.4. The van der Waals surface area contributed by atoms with Gasteiger partial charge in [0, 0.05) is 26.2 Å². The van der Waals surface area contributed by atoms with Gasteiger partial charge in [-0.2, -0.15) is 5.26 Å². The molecule has 0 saturated heterocycles. The highest BCUT2D eigenvalue weighted by Crippen LogP contribution is 2.10. The van der Waals surface area contributed by atoms with Crippen LogP contribution < -0.4 is 5.32 Å². The quantitative estimate of drug-likeness (QED) is 0.591. The highest BCUT2D eigenvalue weighted by atomic mass is 16.5. The molecule has 0 heterocycles. The van der Waals surface area contributed by atoms with E-state index >= 15 is 0 Å². The van der Waals surface area contributed by atoms with Gasteiger partial charge in [-0.25, -0.2) is 0 Å². The Morgan fingerprint density at radius 2 is 1.89 bits per heavy atom. The molecule has 0 amide bonds. The Bertz CT molecular complexity index is 236. The van der Waals surface area contributed by atoms with Crippen molar-refractivity contribution < 1.29 is 4.74 Å². The van der Waals surface area contributed by atoms with Crippen molar-refractivity contribution in [3.8, 4) is 6.07 Å². The largest absolute Gasteiger partial charge is 0.383 e. The van der Waals surface area contributed by atoms with Crippen molar-refractivity contribution >= 4 is 0 Å². The van der Waals surface area contributed by atoms with Gasteiger partial charge in [0.05, 0.1) is 18.7 Å². The molecule has 0 aliphatic heterocycles. The normalized spacial score (nSPS) is 12.9. The zero-order valence-corrected chi connectivity index (χ0v) is 13.1. The maximum atomic E-state index is 9.14. The Hall–Kier alpha value is -0.630. The second-order valence-corrected chi connectivity index (χ2v) is 4.92. The highest BCUT2D eigenvalue weighted by molar-refractivity contribution is 4.90. The van der Waals surface area contributed by atoms with Crippen LogP contribution >= 0.6 is 0 Å². The minimum Gasteiger partial charge on any atom is -0.383 e. The number of nitrogens with one attached hydrogen (secondary N) is 1. The Morgan fingerprint density at radius 3 is 2.37 bits per heavy atom. The summed E-state index contributed by atoms with van der Waals surface area (Å²) in [4.78, 5) is 2.46. The van der Waals surface area contributed by atoms with Gasteiger partial charge in [0.2, 0.25) is 0 Å². The lowest BCUT2D eigenvalue weighted by molar-refractivity contribution is 0.113. The molecule has 19 heavy (non-hydrogen) atoms. The molecule has 0 spiro atoms. The first-order chi connectivity index (χ1) is 9.23. The van der Waals surface area contributed by atoms with E-state index in [1.807, 2.05) is 0 Å². The van der Waals surface area contributed by atoms with E-state index in [9.17, 15) is 0 Å². The molecule has 0 aromatic carbocycles. The predicted octanol–water partition coefficient (Wildman–Crippen LogP) is 2.41. The Morgan fingerprint density at radius 1 is 1.21 bits per heavy atom. The number of rotatable bonds is 12. The fourth-order valence-electron chi connectivity index (χ4n) is 2.32. The summed E-state index contributed by atoms with van der Waals surface area (Å²) >= 11 is 0. The van der Waals surface area contributed by atoms with Crippen LogP contribution in [0, 0.1) is 11.3 Å². The van der Waals surface area contributed by atoms with Gasteiger partial charge in [-0.05, 0) is 32.2 Å². The first-order valence-corrected chi connectivity index (χ1v) is 7.59. The lowest BCUT2D eigenvalue weighted by Gasteiger charge is -2.30. The van der Waals surface area contributed by atoms with Crippen LogP contribution in [0.4, 0.5) is 0 Å². The Kier molecular flexibility index (Phi) is 12.0. The van der Waals surface area contributed by atoms with Gasteiger partial charge in [0.25, 0.3) is 0 Å². The van der Waals surface area contributed by atoms with Crippen molar-refractivity contribution in [3.05, 3.63) is 0 Å². The van der Waals surface area contributed by atoms with E-state index < -0.39 is 0 Å². The lowest BCUT2D eigenvalue weighted by atomic mass is 10.1. The summed E-state index contributed by atoms with van der Waals surface area (Å²) in [5, 5.41) is 12.4. The molecule has 0 fully saturated rings. The molecule has 0 saturated carbocycles. The molecule has 1 unspecified atom stereocenters. The Labute approximate surface area is 119 Å². The summed E-state index contributed by atoms with van der Waals surface area (Å²) in [5.74, 6) is 0. The molecule has 112 valence electrons. The molecule has 0 aliphatic rings. The van der Waals surface area contributed by atoms with Crippen LogP contribution in [-0.2, 0) is 4.74 Å². The summed E-state index contributed by atoms with van der Waals surface area (Å²) < 4.78 is 5.19. The van der Waals surface area contributed by atoms with Gasteiger partial charge in [-0.15, -0.1) is 0 Å². The molecule has 0 aliphatic carbocycles. The van der Waals surface area contributed by atoms with Crippen molar-refractivity contribution in [2.45, 2.75) is 58.5 Å². The monoisotopic (exact) mass is 269 g/mol. The maximum Gasteiger partial charge on any atom is 0.0965 e. The molecular formula is C15H31N3O. The van der Waals surface area contributed by atoms with Crippen molar-refractivity contribution in [1.29, 1.82) is 5.26 Å². The summed E-state index contributed by atoms with van der Waals surface area (Å²) in [6.07, 6.45) is 4.26. The van der Waals surface area contributed by atoms with Gasteiger partial charge in [-0.1, -0.05) is 20.8 Å². The Balaban J connectivity index is 4.25. The third kappa shape index (κ3) is 8.20. The first-order valence-electron chi connectivity index (χ1n) is 7.59. The van der Waals surface area contributed by atoms with Crippen LogP contribution in [0.2, 0.25) is 0 Å². The van der Waals surface area contributed by atoms with E-state index in [1.165, 1.54) is 0 Å². The van der Waals surface area contributed by atoms with E-state index in [0.717, 1.165) is 51.9 Å². The second kappa shape index (κ2) is 12.4. The van der Waals surface area contributed by atoms with E-state index in [2.05, 4.69) is 37.1 Å². The molecule has 4 nitrogen and oxygen atoms in total. The number of ether oxygens (including phenoxy) is 1. The zero-order chi connectivity index (χ0) is 14.5. The maximum absolute atomic E-state index is 9.14. The minimum atomic E-state index is -0.0284. The number of methoxy groups -OCH3 is 1. The van der Waals surface area contributed by atoms with Gasteiger partial charge in [0.15, 0.2) is 0 Å². The summed E-state index contributed by atoms with van der Waals surface area (Å²) in [6.45, 7) is 10.2. The molecule has 0 radical (unpaired) electrons. The standard InChI is InChI=1S/C15H31N3O/c1-5-9-17-14(13-16)8-10-18(11-12-19-4)15(6-2)7-3/h14-15,17H,5-12H2,1-4H3. The average molecular weight is 269 g/mol. The fraction of sp³-hybridized carbons (Fsp3) is 0.933. The van der Waals surface area contributed by atoms with E-state index in [1.54, 1.807) is 7.11 Å². The van der Waals surface area contributed by atoms with E-state index in [-0.39, 0.29) is 6.04 Å². The van der Waals surface area contributed by atoms with Crippen molar-refractivity contribution in [2.75, 3.05) is 33.4 Å². The van der Waals surface area contributed by atoms with Gasteiger partial charge < -0.3 is 10.1 Å². The van der Waals surface area contributed by atoms with E-state index in [0.29, 0.717) is 6.04 Å². The molecule has 0 aromatic heterocycles. The van der Waals surface area contributed by atoms with E-state index in [4.69, 9.17) is 10.00 Å². The predicted molar refractivity (Wildman–Crippen MR) is 80.1 cm³/mol. The topological polar surface area (TPSA) is 48.3 Å². The number of nitrogens with zero attached hydrogens (tertiary/aromatic N) is 2. The van der Waals surface area contributed by atoms with Crippen LogP contribution in [0.3, 0.4) is 0 Å². The third-order valence-electron chi connectivity index (χ3n) is 3.54. The van der Waals surface area contributed by atoms with Crippen LogP contribution in [0.25, 0.3) is 0 Å².